The van der Waals surface area contributed by atoms with Crippen LogP contribution >= 0.6 is 0 Å². The van der Waals surface area contributed by atoms with Crippen molar-refractivity contribution >= 4 is 23.4 Å². The molecule has 2 N–H and O–H groups in total. The third-order valence-electron chi connectivity index (χ3n) is 8.64. The smallest absolute Gasteiger partial charge is 0.491 e. The molecule has 0 bridgehead atoms. The Bertz CT molecular complexity index is 1190. The van der Waals surface area contributed by atoms with Gasteiger partial charge in [0.25, 0.3) is 0 Å². The highest BCUT2D eigenvalue weighted by Gasteiger charge is 2.43. The Labute approximate surface area is 337 Å². The van der Waals surface area contributed by atoms with Crippen LogP contribution in [0.1, 0.15) is 79.4 Å². The minimum atomic E-state index is -2.67. The topological polar surface area (TPSA) is 150 Å². The van der Waals surface area contributed by atoms with Gasteiger partial charge in [0, 0.05) is 77.8 Å². The van der Waals surface area contributed by atoms with E-state index in [1.54, 1.807) is 48.5 Å². The number of benzene rings is 2. The van der Waals surface area contributed by atoms with Crippen molar-refractivity contribution in [3.8, 4) is 11.5 Å². The molecule has 0 spiro atoms. The molecule has 2 atom stereocenters. The van der Waals surface area contributed by atoms with E-state index in [2.05, 4.69) is 0 Å². The van der Waals surface area contributed by atoms with Gasteiger partial charge in [-0.15, -0.1) is 0 Å². The minimum absolute atomic E-state index is 0.0324. The summed E-state index contributed by atoms with van der Waals surface area (Å²) in [6, 6.07) is 15.7. The van der Waals surface area contributed by atoms with Crippen LogP contribution in [0.2, 0.25) is 12.1 Å². The molecule has 13 nitrogen and oxygen atoms in total. The maximum Gasteiger partial charge on any atom is 0.501 e. The van der Waals surface area contributed by atoms with Crippen molar-refractivity contribution in [2.75, 3.05) is 79.3 Å². The molecule has 320 valence electrons. The summed E-state index contributed by atoms with van der Waals surface area (Å²) in [5.74, 6) is 0.631. The van der Waals surface area contributed by atoms with Crippen molar-refractivity contribution in [1.82, 2.24) is 0 Å². The van der Waals surface area contributed by atoms with Crippen LogP contribution in [0.25, 0.3) is 0 Å². The lowest BCUT2D eigenvalue weighted by Crippen LogP contribution is -2.52. The number of carbonyl (C=O) groups is 1. The Morgan fingerprint density at radius 2 is 0.804 bits per heavy atom. The molecule has 2 unspecified atom stereocenters. The fourth-order valence-corrected chi connectivity index (χ4v) is 11.5. The lowest BCUT2D eigenvalue weighted by atomic mass is 9.80. The molecule has 56 heavy (non-hydrogen) atoms. The number of hydrogen-bond acceptors (Lipinski definition) is 13. The first kappa shape index (κ1) is 49.9. The van der Waals surface area contributed by atoms with Crippen LogP contribution < -0.4 is 9.47 Å². The van der Waals surface area contributed by atoms with Crippen LogP contribution in [0.5, 0.6) is 11.5 Å². The molecule has 0 amide bonds. The Kier molecular flexibility index (Phi) is 23.8. The molecule has 0 heterocycles. The number of carbonyl (C=O) groups excluding carboxylic acids is 1. The lowest BCUT2D eigenvalue weighted by molar-refractivity contribution is -0.153. The largest absolute Gasteiger partial charge is 0.501 e. The summed E-state index contributed by atoms with van der Waals surface area (Å²) in [4.78, 5) is 13.4. The SMILES string of the molecule is CCO[Si](CCCOCCOc1ccc(CC(C)(O)C(=O)C(C)(O)Cc2ccc(OCCOCCC[Si](OCC)(OCC)OCC)cc2)cc1)(OCC)OCC. The van der Waals surface area contributed by atoms with Crippen LogP contribution in [0.4, 0.5) is 0 Å². The van der Waals surface area contributed by atoms with E-state index >= 15 is 0 Å². The Hall–Kier alpha value is -2.26. The second-order valence-electron chi connectivity index (χ2n) is 13.6. The highest BCUT2D eigenvalue weighted by atomic mass is 28.4. The molecule has 0 aromatic heterocycles. The van der Waals surface area contributed by atoms with Crippen LogP contribution in [0.3, 0.4) is 0 Å². The monoisotopic (exact) mass is 826 g/mol. The molecule has 0 aliphatic heterocycles. The van der Waals surface area contributed by atoms with E-state index in [1.165, 1.54) is 13.8 Å². The van der Waals surface area contributed by atoms with Gasteiger partial charge in [0.05, 0.1) is 13.2 Å². The van der Waals surface area contributed by atoms with Crippen LogP contribution in [0.15, 0.2) is 48.5 Å². The zero-order valence-corrected chi connectivity index (χ0v) is 37.2. The van der Waals surface area contributed by atoms with Crippen molar-refractivity contribution < 1.29 is 60.5 Å². The molecule has 0 fully saturated rings. The van der Waals surface area contributed by atoms with Gasteiger partial charge in [-0.05, 0) is 104 Å². The zero-order chi connectivity index (χ0) is 41.3. The molecular weight excluding hydrogens is 757 g/mol. The summed E-state index contributed by atoms with van der Waals surface area (Å²) in [6.45, 7) is 20.5. The summed E-state index contributed by atoms with van der Waals surface area (Å²) in [5, 5.41) is 22.4. The second-order valence-corrected chi connectivity index (χ2v) is 19.1. The number of aliphatic hydroxyl groups is 2. The third-order valence-corrected chi connectivity index (χ3v) is 14.9. The number of ketones is 1. The lowest BCUT2D eigenvalue weighted by Gasteiger charge is -2.31. The van der Waals surface area contributed by atoms with Gasteiger partial charge in [-0.2, -0.15) is 0 Å². The molecular formula is C41H70O13Si2. The molecule has 15 heteroatoms. The van der Waals surface area contributed by atoms with Gasteiger partial charge in [-0.3, -0.25) is 4.79 Å². The summed E-state index contributed by atoms with van der Waals surface area (Å²) in [5.41, 5.74) is -2.13. The maximum atomic E-state index is 13.4. The van der Waals surface area contributed by atoms with Crippen molar-refractivity contribution in [2.45, 2.75) is 104 Å². The third kappa shape index (κ3) is 18.1. The molecule has 2 rings (SSSR count). The van der Waals surface area contributed by atoms with Gasteiger partial charge in [-0.1, -0.05) is 24.3 Å². The summed E-state index contributed by atoms with van der Waals surface area (Å²) >= 11 is 0. The predicted octanol–water partition coefficient (Wildman–Crippen LogP) is 6.21. The molecule has 2 aromatic carbocycles. The average Bonchev–Trinajstić information content (AvgIpc) is 3.15. The summed E-state index contributed by atoms with van der Waals surface area (Å²) in [7, 11) is -5.34. The van der Waals surface area contributed by atoms with Gasteiger partial charge >= 0.3 is 17.6 Å². The minimum Gasteiger partial charge on any atom is -0.491 e. The summed E-state index contributed by atoms with van der Waals surface area (Å²) in [6.07, 6.45) is 1.58. The Morgan fingerprint density at radius 3 is 1.09 bits per heavy atom. The molecule has 0 saturated heterocycles. The van der Waals surface area contributed by atoms with Crippen molar-refractivity contribution in [1.29, 1.82) is 0 Å². The van der Waals surface area contributed by atoms with Crippen molar-refractivity contribution in [3.05, 3.63) is 59.7 Å². The number of hydrogen-bond donors (Lipinski definition) is 2. The van der Waals surface area contributed by atoms with E-state index in [0.717, 1.165) is 24.0 Å². The van der Waals surface area contributed by atoms with Crippen LogP contribution in [0, 0.1) is 0 Å². The summed E-state index contributed by atoms with van der Waals surface area (Å²) < 4.78 is 58.5. The van der Waals surface area contributed by atoms with E-state index in [4.69, 9.17) is 45.5 Å². The molecule has 0 aliphatic carbocycles. The van der Waals surface area contributed by atoms with Gasteiger partial charge in [0.2, 0.25) is 0 Å². The highest BCUT2D eigenvalue weighted by molar-refractivity contribution is 6.61. The van der Waals surface area contributed by atoms with E-state index in [0.29, 0.717) is 103 Å². The van der Waals surface area contributed by atoms with Crippen LogP contribution in [-0.2, 0) is 53.7 Å². The molecule has 0 radical (unpaired) electrons. The van der Waals surface area contributed by atoms with E-state index in [-0.39, 0.29) is 12.8 Å². The fourth-order valence-electron chi connectivity index (χ4n) is 6.37. The van der Waals surface area contributed by atoms with E-state index in [9.17, 15) is 15.0 Å². The first-order valence-corrected chi connectivity index (χ1v) is 24.1. The Balaban J connectivity index is 1.74. The first-order valence-electron chi connectivity index (χ1n) is 20.3. The zero-order valence-electron chi connectivity index (χ0n) is 35.2. The van der Waals surface area contributed by atoms with Gasteiger partial charge < -0.3 is 55.7 Å². The van der Waals surface area contributed by atoms with Gasteiger partial charge in [0.1, 0.15) is 35.9 Å². The second kappa shape index (κ2) is 26.7. The number of Topliss-reactive ketones (excluding diaryl/α,β-unsaturated/α-hetero) is 1. The molecule has 2 aromatic rings. The van der Waals surface area contributed by atoms with Crippen molar-refractivity contribution in [2.24, 2.45) is 0 Å². The van der Waals surface area contributed by atoms with Gasteiger partial charge in [0.15, 0.2) is 5.78 Å². The number of ether oxygens (including phenoxy) is 4. The first-order chi connectivity index (χ1) is 26.8. The maximum absolute atomic E-state index is 13.4. The van der Waals surface area contributed by atoms with E-state index in [1.807, 2.05) is 41.5 Å². The van der Waals surface area contributed by atoms with E-state index < -0.39 is 34.6 Å². The van der Waals surface area contributed by atoms with Crippen molar-refractivity contribution in [3.63, 3.8) is 0 Å². The highest BCUT2D eigenvalue weighted by Crippen LogP contribution is 2.26. The predicted molar refractivity (Wildman–Crippen MR) is 219 cm³/mol. The average molecular weight is 827 g/mol. The standard InChI is InChI=1S/C41H70O13Si2/c1-9-49-55(50-10-2,51-11-3)31-15-25-45-27-29-47-37-21-17-35(18-22-37)33-40(7,43)39(42)41(8,44)34-36-19-23-38(24-20-36)48-30-28-46-26-16-32-56(52-12-4,53-13-5)54-14-6/h17-24,43-44H,9-16,25-34H2,1-8H3. The fraction of sp³-hybridized carbons (Fsp3) is 0.683. The quantitative estimate of drug-likeness (QED) is 0.0609. The molecule has 0 aliphatic rings. The number of rotatable bonds is 34. The van der Waals surface area contributed by atoms with Crippen LogP contribution in [-0.4, -0.2) is 124 Å². The van der Waals surface area contributed by atoms with Gasteiger partial charge in [-0.25, -0.2) is 0 Å². The normalized spacial score (nSPS) is 14.3. The molecule has 0 saturated carbocycles. The Morgan fingerprint density at radius 1 is 0.500 bits per heavy atom.